The van der Waals surface area contributed by atoms with Crippen LogP contribution in [-0.2, 0) is 27.2 Å². The maximum absolute atomic E-state index is 10.8. The van der Waals surface area contributed by atoms with Crippen LogP contribution in [0.1, 0.15) is 30.7 Å². The van der Waals surface area contributed by atoms with Crippen LogP contribution in [0.2, 0.25) is 0 Å². The standard InChI is InChI=1S/C24H31N7O7/c1-2-25-20-16-21(31(11-27-16)23-18(36)17(35)19(38-23)22(37)28-12-32)30-24(29-20)26-10-9-14-5-3-13(4-6-14)7-8-15(33)34/h3-6,11-12,17-19,22-23,35-37H,2,7-10H2,1H3,(H,28,32)(H,33,34)(H2,25,26,29,30)/t17-,18+,19-,22?,23+/m0/s1. The Kier molecular flexibility index (Phi) is 8.68. The number of anilines is 2. The van der Waals surface area contributed by atoms with Crippen LogP contribution in [0.5, 0.6) is 0 Å². The summed E-state index contributed by atoms with van der Waals surface area (Å²) in [6, 6.07) is 7.74. The summed E-state index contributed by atoms with van der Waals surface area (Å²) in [5.41, 5.74) is 2.77. The number of aliphatic hydroxyl groups excluding tert-OH is 3. The van der Waals surface area contributed by atoms with Crippen LogP contribution in [0.25, 0.3) is 11.2 Å². The fraction of sp³-hybridized carbons (Fsp3) is 0.458. The third-order valence-electron chi connectivity index (χ3n) is 6.21. The van der Waals surface area contributed by atoms with Crippen LogP contribution in [-0.4, -0.2) is 90.0 Å². The first kappa shape index (κ1) is 27.2. The van der Waals surface area contributed by atoms with Crippen molar-refractivity contribution in [3.63, 3.8) is 0 Å². The van der Waals surface area contributed by atoms with Crippen molar-refractivity contribution < 1.29 is 34.8 Å². The third kappa shape index (κ3) is 5.99. The number of aryl methyl sites for hydroxylation is 1. The molecule has 4 rings (SSSR count). The number of carbonyl (C=O) groups excluding carboxylic acids is 1. The van der Waals surface area contributed by atoms with Crippen molar-refractivity contribution in [3.8, 4) is 0 Å². The highest BCUT2D eigenvalue weighted by Gasteiger charge is 2.47. The lowest BCUT2D eigenvalue weighted by atomic mass is 10.1. The normalized spacial score (nSPS) is 21.8. The van der Waals surface area contributed by atoms with Crippen LogP contribution in [0.15, 0.2) is 30.6 Å². The van der Waals surface area contributed by atoms with E-state index in [4.69, 9.17) is 9.84 Å². The molecule has 1 unspecified atom stereocenters. The minimum atomic E-state index is -1.52. The zero-order valence-corrected chi connectivity index (χ0v) is 20.7. The van der Waals surface area contributed by atoms with E-state index in [0.717, 1.165) is 11.1 Å². The number of benzene rings is 1. The van der Waals surface area contributed by atoms with Crippen molar-refractivity contribution in [2.24, 2.45) is 0 Å². The second kappa shape index (κ2) is 12.1. The molecule has 14 heteroatoms. The van der Waals surface area contributed by atoms with Gasteiger partial charge in [0.05, 0.1) is 6.33 Å². The third-order valence-corrected chi connectivity index (χ3v) is 6.21. The van der Waals surface area contributed by atoms with Crippen molar-refractivity contribution in [2.75, 3.05) is 23.7 Å². The van der Waals surface area contributed by atoms with Crippen molar-refractivity contribution in [1.29, 1.82) is 0 Å². The number of carboxylic acid groups (broad SMARTS) is 1. The Morgan fingerprint density at radius 1 is 1.13 bits per heavy atom. The summed E-state index contributed by atoms with van der Waals surface area (Å²) in [6.45, 7) is 2.98. The average Bonchev–Trinajstić information content (AvgIpc) is 3.44. The molecule has 1 amide bonds. The van der Waals surface area contributed by atoms with Gasteiger partial charge in [-0.1, -0.05) is 24.3 Å². The molecule has 7 N–H and O–H groups in total. The fourth-order valence-corrected chi connectivity index (χ4v) is 4.26. The van der Waals surface area contributed by atoms with E-state index < -0.39 is 36.7 Å². The van der Waals surface area contributed by atoms with E-state index in [1.807, 2.05) is 31.2 Å². The molecule has 14 nitrogen and oxygen atoms in total. The summed E-state index contributed by atoms with van der Waals surface area (Å²) >= 11 is 0. The molecule has 2 aromatic heterocycles. The second-order valence-electron chi connectivity index (χ2n) is 8.84. The smallest absolute Gasteiger partial charge is 0.303 e. The molecule has 5 atom stereocenters. The van der Waals surface area contributed by atoms with Crippen LogP contribution in [0, 0.1) is 0 Å². The molecule has 38 heavy (non-hydrogen) atoms. The number of imidazole rings is 1. The zero-order chi connectivity index (χ0) is 27.2. The van der Waals surface area contributed by atoms with E-state index in [1.165, 1.54) is 10.9 Å². The number of ether oxygens (including phenoxy) is 1. The minimum absolute atomic E-state index is 0.0875. The van der Waals surface area contributed by atoms with E-state index in [0.29, 0.717) is 48.9 Å². The number of nitrogens with one attached hydrogen (secondary N) is 3. The first-order valence-electron chi connectivity index (χ1n) is 12.2. The minimum Gasteiger partial charge on any atom is -0.481 e. The number of nitrogens with zero attached hydrogens (tertiary/aromatic N) is 4. The number of amides is 1. The number of carboxylic acids is 1. The Morgan fingerprint density at radius 2 is 1.84 bits per heavy atom. The van der Waals surface area contributed by atoms with Crippen molar-refractivity contribution in [1.82, 2.24) is 24.8 Å². The summed E-state index contributed by atoms with van der Waals surface area (Å²) in [4.78, 5) is 34.9. The van der Waals surface area contributed by atoms with Gasteiger partial charge in [-0.3, -0.25) is 14.2 Å². The molecule has 1 fully saturated rings. The molecule has 204 valence electrons. The number of aliphatic carboxylic acids is 1. The fourth-order valence-electron chi connectivity index (χ4n) is 4.26. The van der Waals surface area contributed by atoms with E-state index >= 15 is 0 Å². The molecule has 3 aromatic rings. The lowest BCUT2D eigenvalue weighted by Crippen LogP contribution is -2.46. The molecule has 1 aromatic carbocycles. The number of hydrogen-bond donors (Lipinski definition) is 7. The first-order valence-corrected chi connectivity index (χ1v) is 12.2. The van der Waals surface area contributed by atoms with Crippen LogP contribution < -0.4 is 16.0 Å². The summed E-state index contributed by atoms with van der Waals surface area (Å²) in [6.07, 6.45) is -3.90. The van der Waals surface area contributed by atoms with Crippen LogP contribution in [0.4, 0.5) is 11.8 Å². The topological polar surface area (TPSA) is 204 Å². The molecule has 0 aliphatic carbocycles. The van der Waals surface area contributed by atoms with Gasteiger partial charge in [0, 0.05) is 19.5 Å². The Bertz CT molecular complexity index is 1250. The van der Waals surface area contributed by atoms with E-state index in [1.54, 1.807) is 0 Å². The van der Waals surface area contributed by atoms with Crippen molar-refractivity contribution in [3.05, 3.63) is 41.7 Å². The maximum Gasteiger partial charge on any atom is 0.303 e. The van der Waals surface area contributed by atoms with Gasteiger partial charge in [0.25, 0.3) is 0 Å². The van der Waals surface area contributed by atoms with Gasteiger partial charge in [0.15, 0.2) is 29.4 Å². The highest BCUT2D eigenvalue weighted by Crippen LogP contribution is 2.33. The van der Waals surface area contributed by atoms with Gasteiger partial charge in [-0.05, 0) is 30.9 Å². The highest BCUT2D eigenvalue weighted by molar-refractivity contribution is 5.84. The molecular formula is C24H31N7O7. The molecule has 3 heterocycles. The highest BCUT2D eigenvalue weighted by atomic mass is 16.6. The van der Waals surface area contributed by atoms with Crippen molar-refractivity contribution in [2.45, 2.75) is 57.0 Å². The summed E-state index contributed by atoms with van der Waals surface area (Å²) in [7, 11) is 0. The molecule has 1 saturated heterocycles. The largest absolute Gasteiger partial charge is 0.481 e. The SMILES string of the molecule is CCNc1nc(NCCc2ccc(CCC(=O)O)cc2)nc2c1ncn2[C@@H]1O[C@H](C(O)NC=O)[C@@H](O)[C@H]1O. The number of hydrogen-bond acceptors (Lipinski definition) is 11. The van der Waals surface area contributed by atoms with Gasteiger partial charge in [-0.15, -0.1) is 0 Å². The van der Waals surface area contributed by atoms with Gasteiger partial charge in [-0.25, -0.2) is 4.98 Å². The number of carbonyl (C=O) groups is 2. The molecule has 1 aliphatic heterocycles. The molecule has 0 bridgehead atoms. The van der Waals surface area contributed by atoms with Crippen LogP contribution in [0.3, 0.4) is 0 Å². The van der Waals surface area contributed by atoms with Gasteiger partial charge in [0.1, 0.15) is 18.3 Å². The van der Waals surface area contributed by atoms with Crippen LogP contribution >= 0.6 is 0 Å². The van der Waals surface area contributed by atoms with Crippen molar-refractivity contribution >= 4 is 35.3 Å². The summed E-state index contributed by atoms with van der Waals surface area (Å²) < 4.78 is 7.13. The van der Waals surface area contributed by atoms with Gasteiger partial charge in [-0.2, -0.15) is 9.97 Å². The van der Waals surface area contributed by atoms with E-state index in [2.05, 4.69) is 30.9 Å². The monoisotopic (exact) mass is 529 g/mol. The molecule has 1 aliphatic rings. The Morgan fingerprint density at radius 3 is 2.50 bits per heavy atom. The predicted molar refractivity (Wildman–Crippen MR) is 135 cm³/mol. The Labute approximate surface area is 217 Å². The molecule has 0 spiro atoms. The van der Waals surface area contributed by atoms with Gasteiger partial charge >= 0.3 is 5.97 Å². The predicted octanol–water partition coefficient (Wildman–Crippen LogP) is -0.386. The second-order valence-corrected chi connectivity index (χ2v) is 8.84. The van der Waals surface area contributed by atoms with Gasteiger partial charge in [0.2, 0.25) is 12.4 Å². The molecule has 0 radical (unpaired) electrons. The quantitative estimate of drug-likeness (QED) is 0.112. The van der Waals surface area contributed by atoms with Gasteiger partial charge < -0.3 is 41.1 Å². The first-order chi connectivity index (χ1) is 18.3. The van der Waals surface area contributed by atoms with E-state index in [-0.39, 0.29) is 12.8 Å². The Hall–Kier alpha value is -3.85. The molecular weight excluding hydrogens is 498 g/mol. The number of aromatic nitrogens is 4. The zero-order valence-electron chi connectivity index (χ0n) is 20.7. The van der Waals surface area contributed by atoms with E-state index in [9.17, 15) is 24.9 Å². The Balaban J connectivity index is 1.50. The lowest BCUT2D eigenvalue weighted by Gasteiger charge is -2.20. The number of fused-ring (bicyclic) bond motifs is 1. The lowest BCUT2D eigenvalue weighted by molar-refractivity contribution is -0.137. The maximum atomic E-state index is 10.8. The average molecular weight is 530 g/mol. The summed E-state index contributed by atoms with van der Waals surface area (Å²) in [5.74, 6) is -0.0553. The molecule has 0 saturated carbocycles. The number of rotatable bonds is 13. The number of aliphatic hydroxyl groups is 3. The summed E-state index contributed by atoms with van der Waals surface area (Å²) in [5, 5.41) is 48.3.